The molecule has 0 aromatic heterocycles. The van der Waals surface area contributed by atoms with Gasteiger partial charge in [-0.2, -0.15) is 0 Å². The van der Waals surface area contributed by atoms with E-state index in [1.807, 2.05) is 0 Å². The number of rotatable bonds is 2. The summed E-state index contributed by atoms with van der Waals surface area (Å²) in [5.41, 5.74) is 6.66. The van der Waals surface area contributed by atoms with Crippen LogP contribution in [0.1, 0.15) is 12.8 Å². The lowest BCUT2D eigenvalue weighted by Crippen LogP contribution is -2.52. The smallest absolute Gasteiger partial charge is 0.262 e. The summed E-state index contributed by atoms with van der Waals surface area (Å²) in [6.45, 7) is 0. The molecule has 2 N–H and O–H groups in total. The largest absolute Gasteiger partial charge is 0.495 e. The first-order valence-corrected chi connectivity index (χ1v) is 6.08. The average molecular weight is 262 g/mol. The molecular formula is C13H14N2O4. The molecule has 2 heterocycles. The zero-order valence-electron chi connectivity index (χ0n) is 10.5. The van der Waals surface area contributed by atoms with Crippen molar-refractivity contribution in [3.8, 4) is 5.75 Å². The van der Waals surface area contributed by atoms with Crippen molar-refractivity contribution >= 4 is 23.2 Å². The molecule has 2 atom stereocenters. The number of methoxy groups -OCH3 is 1. The molecule has 100 valence electrons. The van der Waals surface area contributed by atoms with Crippen LogP contribution >= 0.6 is 0 Å². The van der Waals surface area contributed by atoms with Crippen molar-refractivity contribution < 1.29 is 19.1 Å². The highest BCUT2D eigenvalue weighted by molar-refractivity contribution is 6.20. The average Bonchev–Trinajstić information content (AvgIpc) is 2.85. The number of hydrogen-bond donors (Lipinski definition) is 1. The van der Waals surface area contributed by atoms with Gasteiger partial charge in [-0.05, 0) is 25.0 Å². The summed E-state index contributed by atoms with van der Waals surface area (Å²) in [5.74, 6) is -0.187. The Kier molecular flexibility index (Phi) is 2.67. The summed E-state index contributed by atoms with van der Waals surface area (Å²) in [6.07, 6.45) is 0.174. The van der Waals surface area contributed by atoms with Crippen LogP contribution in [0.4, 0.5) is 11.4 Å². The standard InChI is InChI=1S/C13H14N2O4/c1-18-11-6-7(2-3-8(11)14)15-12(16)9-4-5-10(19-9)13(15)17/h2-3,6,9-10H,4-5,14H2,1H3. The van der Waals surface area contributed by atoms with E-state index in [2.05, 4.69) is 0 Å². The molecule has 6 nitrogen and oxygen atoms in total. The number of nitrogen functional groups attached to an aromatic ring is 1. The molecule has 1 aromatic carbocycles. The molecular weight excluding hydrogens is 248 g/mol. The second kappa shape index (κ2) is 4.24. The van der Waals surface area contributed by atoms with Gasteiger partial charge in [-0.25, -0.2) is 4.90 Å². The predicted molar refractivity (Wildman–Crippen MR) is 67.8 cm³/mol. The maximum absolute atomic E-state index is 12.2. The van der Waals surface area contributed by atoms with E-state index in [-0.39, 0.29) is 11.8 Å². The molecule has 0 radical (unpaired) electrons. The van der Waals surface area contributed by atoms with E-state index in [0.29, 0.717) is 30.0 Å². The Balaban J connectivity index is 2.01. The molecule has 0 saturated carbocycles. The third-order valence-electron chi connectivity index (χ3n) is 3.49. The third kappa shape index (κ3) is 1.76. The van der Waals surface area contributed by atoms with E-state index in [9.17, 15) is 9.59 Å². The van der Waals surface area contributed by atoms with Gasteiger partial charge in [0, 0.05) is 6.07 Å². The van der Waals surface area contributed by atoms with E-state index in [1.54, 1.807) is 18.2 Å². The van der Waals surface area contributed by atoms with Crippen LogP contribution in [-0.4, -0.2) is 31.1 Å². The van der Waals surface area contributed by atoms with Gasteiger partial charge in [0.15, 0.2) is 0 Å². The first-order valence-electron chi connectivity index (χ1n) is 6.08. The summed E-state index contributed by atoms with van der Waals surface area (Å²) in [6, 6.07) is 4.85. The summed E-state index contributed by atoms with van der Waals surface area (Å²) < 4.78 is 10.5. The maximum atomic E-state index is 12.2. The highest BCUT2D eigenvalue weighted by Gasteiger charge is 2.47. The molecule has 0 aliphatic carbocycles. The quantitative estimate of drug-likeness (QED) is 0.626. The fourth-order valence-corrected chi connectivity index (χ4v) is 2.49. The normalized spacial score (nSPS) is 25.8. The van der Waals surface area contributed by atoms with Crippen LogP contribution in [0.2, 0.25) is 0 Å². The molecule has 2 fully saturated rings. The first-order chi connectivity index (χ1) is 9.11. The van der Waals surface area contributed by atoms with Crippen LogP contribution in [0.15, 0.2) is 18.2 Å². The van der Waals surface area contributed by atoms with Crippen LogP contribution in [0.25, 0.3) is 0 Å². The number of nitrogens with two attached hydrogens (primary N) is 1. The van der Waals surface area contributed by atoms with Gasteiger partial charge in [0.25, 0.3) is 11.8 Å². The van der Waals surface area contributed by atoms with Crippen molar-refractivity contribution in [2.45, 2.75) is 25.0 Å². The number of anilines is 2. The lowest BCUT2D eigenvalue weighted by molar-refractivity contribution is -0.146. The van der Waals surface area contributed by atoms with Gasteiger partial charge >= 0.3 is 0 Å². The number of benzene rings is 1. The highest BCUT2D eigenvalue weighted by atomic mass is 16.5. The molecule has 2 unspecified atom stereocenters. The Morgan fingerprint density at radius 1 is 1.26 bits per heavy atom. The summed E-state index contributed by atoms with van der Waals surface area (Å²) in [4.78, 5) is 25.5. The van der Waals surface area contributed by atoms with Crippen molar-refractivity contribution in [3.05, 3.63) is 18.2 Å². The molecule has 19 heavy (non-hydrogen) atoms. The van der Waals surface area contributed by atoms with Crippen LogP contribution in [0.3, 0.4) is 0 Å². The van der Waals surface area contributed by atoms with Gasteiger partial charge in [-0.15, -0.1) is 0 Å². The molecule has 2 aliphatic heterocycles. The highest BCUT2D eigenvalue weighted by Crippen LogP contribution is 2.34. The molecule has 2 saturated heterocycles. The molecule has 2 aliphatic rings. The number of imide groups is 1. The van der Waals surface area contributed by atoms with Crippen molar-refractivity contribution in [1.29, 1.82) is 0 Å². The monoisotopic (exact) mass is 262 g/mol. The Morgan fingerprint density at radius 2 is 1.89 bits per heavy atom. The number of nitrogens with zero attached hydrogens (tertiary/aromatic N) is 1. The van der Waals surface area contributed by atoms with Gasteiger partial charge in [0.05, 0.1) is 18.5 Å². The second-order valence-corrected chi connectivity index (χ2v) is 4.63. The molecule has 2 amide bonds. The molecule has 1 aromatic rings. The summed E-state index contributed by atoms with van der Waals surface area (Å²) in [5, 5.41) is 0. The maximum Gasteiger partial charge on any atom is 0.262 e. The van der Waals surface area contributed by atoms with Crippen molar-refractivity contribution in [1.82, 2.24) is 0 Å². The second-order valence-electron chi connectivity index (χ2n) is 4.63. The summed E-state index contributed by atoms with van der Waals surface area (Å²) >= 11 is 0. The number of ether oxygens (including phenoxy) is 2. The number of carbonyl (C=O) groups excluding carboxylic acids is 2. The molecule has 2 bridgehead atoms. The van der Waals surface area contributed by atoms with Gasteiger partial charge in [-0.1, -0.05) is 0 Å². The summed E-state index contributed by atoms with van der Waals surface area (Å²) in [7, 11) is 1.49. The van der Waals surface area contributed by atoms with Crippen LogP contribution < -0.4 is 15.4 Å². The minimum Gasteiger partial charge on any atom is -0.495 e. The fraction of sp³-hybridized carbons (Fsp3) is 0.385. The number of morpholine rings is 1. The number of amides is 2. The molecule has 3 rings (SSSR count). The Hall–Kier alpha value is -2.08. The van der Waals surface area contributed by atoms with Crippen LogP contribution in [-0.2, 0) is 14.3 Å². The zero-order valence-corrected chi connectivity index (χ0v) is 10.5. The Bertz CT molecular complexity index is 536. The van der Waals surface area contributed by atoms with Crippen molar-refractivity contribution in [3.63, 3.8) is 0 Å². The van der Waals surface area contributed by atoms with E-state index in [0.717, 1.165) is 0 Å². The van der Waals surface area contributed by atoms with Crippen LogP contribution in [0, 0.1) is 0 Å². The number of carbonyl (C=O) groups is 2. The van der Waals surface area contributed by atoms with Gasteiger partial charge in [0.1, 0.15) is 18.0 Å². The zero-order chi connectivity index (χ0) is 13.6. The number of fused-ring (bicyclic) bond motifs is 2. The van der Waals surface area contributed by atoms with Crippen LogP contribution in [0.5, 0.6) is 5.75 Å². The van der Waals surface area contributed by atoms with Crippen molar-refractivity contribution in [2.24, 2.45) is 0 Å². The Morgan fingerprint density at radius 3 is 2.47 bits per heavy atom. The lowest BCUT2D eigenvalue weighted by atomic mass is 10.2. The minimum absolute atomic E-state index is 0.314. The van der Waals surface area contributed by atoms with Gasteiger partial charge < -0.3 is 15.2 Å². The molecule has 0 spiro atoms. The van der Waals surface area contributed by atoms with Gasteiger partial charge in [0.2, 0.25) is 0 Å². The fourth-order valence-electron chi connectivity index (χ4n) is 2.49. The van der Waals surface area contributed by atoms with E-state index in [4.69, 9.17) is 15.2 Å². The van der Waals surface area contributed by atoms with E-state index < -0.39 is 12.2 Å². The van der Waals surface area contributed by atoms with Crippen molar-refractivity contribution in [2.75, 3.05) is 17.7 Å². The number of hydrogen-bond acceptors (Lipinski definition) is 5. The van der Waals surface area contributed by atoms with Gasteiger partial charge in [-0.3, -0.25) is 9.59 Å². The van der Waals surface area contributed by atoms with E-state index in [1.165, 1.54) is 12.0 Å². The topological polar surface area (TPSA) is 81.9 Å². The molecule has 6 heteroatoms. The predicted octanol–water partition coefficient (Wildman–Crippen LogP) is 0.698. The first kappa shape index (κ1) is 12.0. The minimum atomic E-state index is -0.508. The lowest BCUT2D eigenvalue weighted by Gasteiger charge is -2.30. The third-order valence-corrected chi connectivity index (χ3v) is 3.49. The Labute approximate surface area is 110 Å². The SMILES string of the molecule is COc1cc(N2C(=O)C3CCC(O3)C2=O)ccc1N. The van der Waals surface area contributed by atoms with E-state index >= 15 is 0 Å².